The molecule has 0 radical (unpaired) electrons. The summed E-state index contributed by atoms with van der Waals surface area (Å²) in [6.45, 7) is 0. The second kappa shape index (κ2) is 8.31. The van der Waals surface area contributed by atoms with Gasteiger partial charge < -0.3 is 16.0 Å². The van der Waals surface area contributed by atoms with Gasteiger partial charge in [0.2, 0.25) is 0 Å². The number of benzene rings is 2. The Morgan fingerprint density at radius 3 is 1.97 bits per heavy atom. The van der Waals surface area contributed by atoms with Gasteiger partial charge in [0.15, 0.2) is 0 Å². The van der Waals surface area contributed by atoms with Crippen LogP contribution in [0.5, 0.6) is 0 Å². The average molecular weight is 475 g/mol. The van der Waals surface area contributed by atoms with Gasteiger partial charge in [-0.2, -0.15) is 26.3 Å². The number of nitrogens with one attached hydrogen (secondary N) is 2. The third kappa shape index (κ3) is 4.96. The second-order valence-corrected chi connectivity index (χ2v) is 6.82. The highest BCUT2D eigenvalue weighted by Crippen LogP contribution is 2.38. The minimum Gasteiger partial charge on any atom is -0.397 e. The molecule has 0 atom stereocenters. The maximum absolute atomic E-state index is 12.5. The number of rotatable bonds is 1. The fourth-order valence-electron chi connectivity index (χ4n) is 2.49. The van der Waals surface area contributed by atoms with Gasteiger partial charge in [-0.25, -0.2) is 4.79 Å². The molecule has 5 nitrogen and oxygen atoms in total. The van der Waals surface area contributed by atoms with Crippen molar-refractivity contribution >= 4 is 45.6 Å². The summed E-state index contributed by atoms with van der Waals surface area (Å²) < 4.78 is 75.6. The topological polar surface area (TPSA) is 75.8 Å². The van der Waals surface area contributed by atoms with E-state index in [0.29, 0.717) is 11.2 Å². The quantitative estimate of drug-likeness (QED) is 0.321. The molecule has 2 aromatic carbocycles. The van der Waals surface area contributed by atoms with Crippen molar-refractivity contribution in [3.63, 3.8) is 0 Å². The molecule has 0 aliphatic heterocycles. The van der Waals surface area contributed by atoms with Crippen molar-refractivity contribution < 1.29 is 26.3 Å². The number of anilines is 2. The molecule has 1 heterocycles. The number of nitrogen functional groups attached to an aromatic ring is 1. The summed E-state index contributed by atoms with van der Waals surface area (Å²) in [7, 11) is 3.00. The highest BCUT2D eigenvalue weighted by atomic mass is 35.5. The first-order valence-electron chi connectivity index (χ1n) is 7.96. The summed E-state index contributed by atoms with van der Waals surface area (Å²) in [5.74, 6) is 0. The summed E-state index contributed by atoms with van der Waals surface area (Å²) >= 11 is 11.0. The van der Waals surface area contributed by atoms with Crippen LogP contribution in [0.1, 0.15) is 11.1 Å². The highest BCUT2D eigenvalue weighted by molar-refractivity contribution is 6.32. The van der Waals surface area contributed by atoms with E-state index in [9.17, 15) is 31.1 Å². The number of hydrogen-bond donors (Lipinski definition) is 3. The minimum absolute atomic E-state index is 0.0178. The monoisotopic (exact) mass is 474 g/mol. The van der Waals surface area contributed by atoms with Crippen LogP contribution in [0, 0.1) is 0 Å². The molecule has 13 heteroatoms. The number of fused-ring (bicyclic) bond motifs is 1. The van der Waals surface area contributed by atoms with Crippen molar-refractivity contribution in [2.24, 2.45) is 7.05 Å². The van der Waals surface area contributed by atoms with Gasteiger partial charge in [-0.3, -0.25) is 4.57 Å². The fourth-order valence-corrected chi connectivity index (χ4v) is 3.03. The Bertz CT molecular complexity index is 1130. The van der Waals surface area contributed by atoms with Crippen LogP contribution in [0.4, 0.5) is 37.7 Å². The maximum Gasteiger partial charge on any atom is 0.417 e. The number of hydrogen-bond acceptors (Lipinski definition) is 3. The molecular weight excluding hydrogens is 461 g/mol. The lowest BCUT2D eigenvalue weighted by molar-refractivity contribution is -0.138. The van der Waals surface area contributed by atoms with E-state index in [1.807, 2.05) is 0 Å². The Labute approximate surface area is 175 Å². The molecule has 0 aliphatic carbocycles. The third-order valence-corrected chi connectivity index (χ3v) is 4.64. The van der Waals surface area contributed by atoms with Crippen LogP contribution in [-0.4, -0.2) is 16.6 Å². The molecule has 0 fully saturated rings. The lowest BCUT2D eigenvalue weighted by Gasteiger charge is -2.12. The van der Waals surface area contributed by atoms with Crippen LogP contribution in [0.3, 0.4) is 0 Å². The normalized spacial score (nSPS) is 11.9. The van der Waals surface area contributed by atoms with Gasteiger partial charge in [-0.1, -0.05) is 23.2 Å². The molecule has 3 rings (SSSR count). The zero-order valence-corrected chi connectivity index (χ0v) is 16.8. The summed E-state index contributed by atoms with van der Waals surface area (Å²) in [4.78, 5) is 13.5. The number of aryl methyl sites for hydroxylation is 1. The van der Waals surface area contributed by atoms with Crippen molar-refractivity contribution in [1.29, 1.82) is 0 Å². The molecule has 30 heavy (non-hydrogen) atoms. The Morgan fingerprint density at radius 1 is 0.967 bits per heavy atom. The van der Waals surface area contributed by atoms with Gasteiger partial charge >= 0.3 is 18.0 Å². The number of nitrogens with two attached hydrogens (primary N) is 1. The molecule has 0 saturated carbocycles. The molecule has 0 unspecified atom stereocenters. The number of aromatic nitrogens is 2. The van der Waals surface area contributed by atoms with Crippen molar-refractivity contribution in [2.75, 3.05) is 18.1 Å². The van der Waals surface area contributed by atoms with E-state index in [0.717, 1.165) is 24.3 Å². The number of halogens is 8. The molecule has 0 amide bonds. The van der Waals surface area contributed by atoms with Gasteiger partial charge in [0.25, 0.3) is 0 Å². The van der Waals surface area contributed by atoms with Crippen molar-refractivity contribution in [1.82, 2.24) is 9.55 Å². The smallest absolute Gasteiger partial charge is 0.397 e. The predicted molar refractivity (Wildman–Crippen MR) is 104 cm³/mol. The van der Waals surface area contributed by atoms with Crippen LogP contribution in [0.15, 0.2) is 29.1 Å². The summed E-state index contributed by atoms with van der Waals surface area (Å²) in [6.07, 6.45) is -9.00. The van der Waals surface area contributed by atoms with Crippen molar-refractivity contribution in [3.05, 3.63) is 55.9 Å². The number of nitrogens with zero attached hydrogens (tertiary/aromatic N) is 1. The fraction of sp³-hybridized carbons (Fsp3) is 0.235. The zero-order chi connectivity index (χ0) is 23.0. The van der Waals surface area contributed by atoms with Crippen LogP contribution < -0.4 is 16.7 Å². The zero-order valence-electron chi connectivity index (χ0n) is 15.3. The third-order valence-electron chi connectivity index (χ3n) is 4.01. The maximum atomic E-state index is 12.5. The number of aromatic amines is 1. The van der Waals surface area contributed by atoms with Crippen molar-refractivity contribution in [3.8, 4) is 0 Å². The minimum atomic E-state index is -4.53. The molecule has 0 spiro atoms. The Balaban J connectivity index is 0.000000216. The summed E-state index contributed by atoms with van der Waals surface area (Å²) in [5, 5.41) is 1.85. The SMILES string of the molecule is CNc1cc(Cl)c(C(F)(F)F)cc1N.Cn1c(=O)[nH]c2cc(C(F)(F)F)c(Cl)cc21. The van der Waals surface area contributed by atoms with E-state index >= 15 is 0 Å². The first-order valence-corrected chi connectivity index (χ1v) is 8.71. The Morgan fingerprint density at radius 2 is 1.47 bits per heavy atom. The van der Waals surface area contributed by atoms with Crippen LogP contribution in [-0.2, 0) is 19.4 Å². The lowest BCUT2D eigenvalue weighted by atomic mass is 10.1. The molecular formula is C17H14Cl2F6N4O. The van der Waals surface area contributed by atoms with Gasteiger partial charge in [-0.15, -0.1) is 0 Å². The van der Waals surface area contributed by atoms with E-state index in [2.05, 4.69) is 10.3 Å². The van der Waals surface area contributed by atoms with Gasteiger partial charge in [0.1, 0.15) is 0 Å². The number of alkyl halides is 6. The standard InChI is InChI=1S/C9H6ClF3N2O.C8H8ClF3N2/c1-15-7-3-5(10)4(9(11,12)13)2-6(7)14-8(15)16;1-14-7-3-5(9)4(2-6(7)13)8(10,11)12/h2-3H,1H3,(H,14,16);2-3,14H,13H2,1H3. The van der Waals surface area contributed by atoms with E-state index in [1.54, 1.807) is 7.05 Å². The second-order valence-electron chi connectivity index (χ2n) is 6.00. The van der Waals surface area contributed by atoms with E-state index in [-0.39, 0.29) is 16.2 Å². The van der Waals surface area contributed by atoms with Crippen LogP contribution in [0.25, 0.3) is 11.0 Å². The number of H-pyrrole nitrogens is 1. The molecule has 1 aromatic heterocycles. The lowest BCUT2D eigenvalue weighted by Crippen LogP contribution is -2.11. The molecule has 164 valence electrons. The van der Waals surface area contributed by atoms with Crippen LogP contribution >= 0.6 is 23.2 Å². The predicted octanol–water partition coefficient (Wildman–Crippen LogP) is 5.52. The number of imidazole rings is 1. The molecule has 0 bridgehead atoms. The van der Waals surface area contributed by atoms with E-state index in [4.69, 9.17) is 28.9 Å². The highest BCUT2D eigenvalue weighted by Gasteiger charge is 2.34. The average Bonchev–Trinajstić information content (AvgIpc) is 2.88. The largest absolute Gasteiger partial charge is 0.417 e. The first kappa shape index (κ1) is 23.7. The van der Waals surface area contributed by atoms with Gasteiger partial charge in [0.05, 0.1) is 43.6 Å². The van der Waals surface area contributed by atoms with Crippen molar-refractivity contribution in [2.45, 2.75) is 12.4 Å². The van der Waals surface area contributed by atoms with Crippen LogP contribution in [0.2, 0.25) is 10.0 Å². The molecule has 0 saturated heterocycles. The van der Waals surface area contributed by atoms with E-state index in [1.165, 1.54) is 11.6 Å². The summed E-state index contributed by atoms with van der Waals surface area (Å²) in [5.41, 5.74) is 3.87. The van der Waals surface area contributed by atoms with Gasteiger partial charge in [0, 0.05) is 14.1 Å². The summed E-state index contributed by atoms with van der Waals surface area (Å²) in [6, 6.07) is 3.92. The Hall–Kier alpha value is -2.53. The van der Waals surface area contributed by atoms with Gasteiger partial charge in [-0.05, 0) is 24.3 Å². The van der Waals surface area contributed by atoms with E-state index < -0.39 is 34.2 Å². The molecule has 0 aliphatic rings. The molecule has 3 aromatic rings. The Kier molecular flexibility index (Phi) is 6.57. The first-order chi connectivity index (χ1) is 13.7. The molecule has 4 N–H and O–H groups in total.